The molecule has 0 aliphatic rings. The van der Waals surface area contributed by atoms with Crippen molar-refractivity contribution in [3.05, 3.63) is 0 Å². The summed E-state index contributed by atoms with van der Waals surface area (Å²) >= 11 is 0. The third-order valence-corrected chi connectivity index (χ3v) is 2.88. The van der Waals surface area contributed by atoms with Gasteiger partial charge in [-0.2, -0.15) is 0 Å². The molecule has 0 amide bonds. The normalized spacial score (nSPS) is 15.1. The van der Waals surface area contributed by atoms with E-state index in [9.17, 15) is 4.79 Å². The van der Waals surface area contributed by atoms with E-state index in [4.69, 9.17) is 10.5 Å². The van der Waals surface area contributed by atoms with E-state index in [-0.39, 0.29) is 5.97 Å². The predicted molar refractivity (Wildman–Crippen MR) is 62.5 cm³/mol. The molecule has 0 aliphatic carbocycles. The minimum atomic E-state index is -0.502. The molecule has 0 aromatic carbocycles. The number of hydrogen-bond donors (Lipinski definition) is 1. The third-order valence-electron chi connectivity index (χ3n) is 2.88. The van der Waals surface area contributed by atoms with Crippen LogP contribution in [-0.4, -0.2) is 19.1 Å². The summed E-state index contributed by atoms with van der Waals surface area (Å²) in [7, 11) is 0. The van der Waals surface area contributed by atoms with E-state index in [1.807, 2.05) is 13.8 Å². The fraction of sp³-hybridized carbons (Fsp3) is 0.917. The Bertz CT molecular complexity index is 186. The van der Waals surface area contributed by atoms with E-state index < -0.39 is 5.41 Å². The molecule has 0 fully saturated rings. The van der Waals surface area contributed by atoms with Gasteiger partial charge >= 0.3 is 5.97 Å². The highest BCUT2D eigenvalue weighted by molar-refractivity contribution is 5.76. The Morgan fingerprint density at radius 3 is 2.47 bits per heavy atom. The van der Waals surface area contributed by atoms with Crippen molar-refractivity contribution in [2.24, 2.45) is 17.1 Å². The highest BCUT2D eigenvalue weighted by Gasteiger charge is 2.31. The fourth-order valence-electron chi connectivity index (χ4n) is 1.20. The minimum absolute atomic E-state index is 0.156. The van der Waals surface area contributed by atoms with Crippen molar-refractivity contribution < 1.29 is 9.53 Å². The van der Waals surface area contributed by atoms with E-state index in [2.05, 4.69) is 13.8 Å². The summed E-state index contributed by atoms with van der Waals surface area (Å²) < 4.78 is 5.22. The Hall–Kier alpha value is -0.570. The summed E-state index contributed by atoms with van der Waals surface area (Å²) in [4.78, 5) is 11.7. The second kappa shape index (κ2) is 6.83. The Balaban J connectivity index is 3.82. The first-order chi connectivity index (χ1) is 6.96. The van der Waals surface area contributed by atoms with Gasteiger partial charge in [-0.1, -0.05) is 20.8 Å². The van der Waals surface area contributed by atoms with Crippen LogP contribution in [0.2, 0.25) is 0 Å². The number of hydrogen-bond acceptors (Lipinski definition) is 3. The summed E-state index contributed by atoms with van der Waals surface area (Å²) in [5, 5.41) is 0. The van der Waals surface area contributed by atoms with Gasteiger partial charge in [0.05, 0.1) is 12.0 Å². The lowest BCUT2D eigenvalue weighted by Crippen LogP contribution is -2.36. The molecule has 3 nitrogen and oxygen atoms in total. The van der Waals surface area contributed by atoms with E-state index in [1.54, 1.807) is 0 Å². The molecule has 0 aliphatic heterocycles. The number of rotatable bonds is 7. The van der Waals surface area contributed by atoms with Crippen LogP contribution in [0.15, 0.2) is 0 Å². The molecule has 15 heavy (non-hydrogen) atoms. The van der Waals surface area contributed by atoms with E-state index in [1.165, 1.54) is 0 Å². The van der Waals surface area contributed by atoms with Gasteiger partial charge in [-0.3, -0.25) is 4.79 Å². The Morgan fingerprint density at radius 2 is 2.07 bits per heavy atom. The maximum atomic E-state index is 11.7. The van der Waals surface area contributed by atoms with Crippen molar-refractivity contribution in [3.63, 3.8) is 0 Å². The number of esters is 1. The van der Waals surface area contributed by atoms with Gasteiger partial charge in [-0.25, -0.2) is 0 Å². The van der Waals surface area contributed by atoms with E-state index in [0.717, 1.165) is 19.3 Å². The molecular weight excluding hydrogens is 190 g/mol. The van der Waals surface area contributed by atoms with Crippen LogP contribution in [0.5, 0.6) is 0 Å². The molecule has 3 heteroatoms. The quantitative estimate of drug-likeness (QED) is 0.524. The topological polar surface area (TPSA) is 52.3 Å². The highest BCUT2D eigenvalue weighted by atomic mass is 16.5. The lowest BCUT2D eigenvalue weighted by molar-refractivity contribution is -0.154. The van der Waals surface area contributed by atoms with Crippen LogP contribution in [0.1, 0.15) is 47.0 Å². The SMILES string of the molecule is CCC(C)(CN)C(=O)OCCCC(C)C. The van der Waals surface area contributed by atoms with Gasteiger partial charge in [-0.15, -0.1) is 0 Å². The maximum absolute atomic E-state index is 11.7. The second-order valence-corrected chi connectivity index (χ2v) is 4.79. The molecule has 1 unspecified atom stereocenters. The Kier molecular flexibility index (Phi) is 6.57. The molecule has 0 spiro atoms. The molecular formula is C12H25NO2. The second-order valence-electron chi connectivity index (χ2n) is 4.79. The molecule has 90 valence electrons. The van der Waals surface area contributed by atoms with Crippen LogP contribution in [0.25, 0.3) is 0 Å². The van der Waals surface area contributed by atoms with Crippen LogP contribution < -0.4 is 5.73 Å². The molecule has 2 N–H and O–H groups in total. The van der Waals surface area contributed by atoms with Crippen LogP contribution >= 0.6 is 0 Å². The van der Waals surface area contributed by atoms with Crippen LogP contribution in [0.3, 0.4) is 0 Å². The highest BCUT2D eigenvalue weighted by Crippen LogP contribution is 2.21. The molecule has 0 saturated heterocycles. The summed E-state index contributed by atoms with van der Waals surface area (Å²) in [6.45, 7) is 9.02. The smallest absolute Gasteiger partial charge is 0.313 e. The van der Waals surface area contributed by atoms with E-state index in [0.29, 0.717) is 19.1 Å². The van der Waals surface area contributed by atoms with Crippen LogP contribution in [-0.2, 0) is 9.53 Å². The molecule has 0 radical (unpaired) electrons. The maximum Gasteiger partial charge on any atom is 0.313 e. The lowest BCUT2D eigenvalue weighted by Gasteiger charge is -2.23. The van der Waals surface area contributed by atoms with Crippen molar-refractivity contribution in [1.82, 2.24) is 0 Å². The number of ether oxygens (including phenoxy) is 1. The average Bonchev–Trinajstić information content (AvgIpc) is 2.22. The fourth-order valence-corrected chi connectivity index (χ4v) is 1.20. The monoisotopic (exact) mass is 215 g/mol. The van der Waals surface area contributed by atoms with Gasteiger partial charge in [0.15, 0.2) is 0 Å². The number of nitrogens with two attached hydrogens (primary N) is 1. The zero-order valence-electron chi connectivity index (χ0n) is 10.5. The van der Waals surface area contributed by atoms with Crippen molar-refractivity contribution in [3.8, 4) is 0 Å². The van der Waals surface area contributed by atoms with Crippen molar-refractivity contribution in [2.45, 2.75) is 47.0 Å². The number of carbonyl (C=O) groups is 1. The zero-order valence-corrected chi connectivity index (χ0v) is 10.5. The molecule has 0 saturated carbocycles. The first-order valence-electron chi connectivity index (χ1n) is 5.83. The third kappa shape index (κ3) is 5.17. The first-order valence-corrected chi connectivity index (χ1v) is 5.83. The van der Waals surface area contributed by atoms with Gasteiger partial charge in [0.25, 0.3) is 0 Å². The molecule has 0 heterocycles. The van der Waals surface area contributed by atoms with Crippen molar-refractivity contribution >= 4 is 5.97 Å². The lowest BCUT2D eigenvalue weighted by atomic mass is 9.88. The Labute approximate surface area is 93.4 Å². The van der Waals surface area contributed by atoms with Gasteiger partial charge in [0, 0.05) is 6.54 Å². The van der Waals surface area contributed by atoms with Gasteiger partial charge in [-0.05, 0) is 32.1 Å². The molecule has 0 bridgehead atoms. The van der Waals surface area contributed by atoms with Crippen molar-refractivity contribution in [2.75, 3.05) is 13.2 Å². The summed E-state index contributed by atoms with van der Waals surface area (Å²) in [5.74, 6) is 0.507. The molecule has 0 aromatic heterocycles. The van der Waals surface area contributed by atoms with E-state index >= 15 is 0 Å². The summed E-state index contributed by atoms with van der Waals surface area (Å²) in [6.07, 6.45) is 2.76. The zero-order chi connectivity index (χ0) is 11.9. The molecule has 1 atom stereocenters. The van der Waals surface area contributed by atoms with Gasteiger partial charge in [0.2, 0.25) is 0 Å². The standard InChI is InChI=1S/C12H25NO2/c1-5-12(4,9-13)11(14)15-8-6-7-10(2)3/h10H,5-9,13H2,1-4H3. The predicted octanol–water partition coefficient (Wildman–Crippen LogP) is 2.34. The average molecular weight is 215 g/mol. The minimum Gasteiger partial charge on any atom is -0.465 e. The molecule has 0 aromatic rings. The van der Waals surface area contributed by atoms with Gasteiger partial charge in [0.1, 0.15) is 0 Å². The summed E-state index contributed by atoms with van der Waals surface area (Å²) in [5.41, 5.74) is 5.07. The largest absolute Gasteiger partial charge is 0.465 e. The molecule has 0 rings (SSSR count). The summed E-state index contributed by atoms with van der Waals surface area (Å²) in [6, 6.07) is 0. The van der Waals surface area contributed by atoms with Crippen LogP contribution in [0.4, 0.5) is 0 Å². The first kappa shape index (κ1) is 14.4. The van der Waals surface area contributed by atoms with Gasteiger partial charge < -0.3 is 10.5 Å². The van der Waals surface area contributed by atoms with Crippen LogP contribution in [0, 0.1) is 11.3 Å². The van der Waals surface area contributed by atoms with Crippen molar-refractivity contribution in [1.29, 1.82) is 0 Å². The number of carbonyl (C=O) groups excluding carboxylic acids is 1. The Morgan fingerprint density at radius 1 is 1.47 bits per heavy atom.